The van der Waals surface area contributed by atoms with Crippen LogP contribution in [0.15, 0.2) is 24.3 Å². The molecule has 0 saturated carbocycles. The van der Waals surface area contributed by atoms with Gasteiger partial charge in [-0.05, 0) is 41.9 Å². The van der Waals surface area contributed by atoms with Crippen molar-refractivity contribution in [3.05, 3.63) is 35.4 Å². The van der Waals surface area contributed by atoms with Crippen molar-refractivity contribution in [3.8, 4) is 0 Å². The first-order valence-electron chi connectivity index (χ1n) is 6.53. The van der Waals surface area contributed by atoms with Crippen LogP contribution in [0.1, 0.15) is 42.5 Å². The van der Waals surface area contributed by atoms with Crippen molar-refractivity contribution >= 4 is 11.8 Å². The minimum Gasteiger partial charge on any atom is -0.324 e. The summed E-state index contributed by atoms with van der Waals surface area (Å²) in [7, 11) is 0. The fourth-order valence-corrected chi connectivity index (χ4v) is 4.09. The van der Waals surface area contributed by atoms with Crippen molar-refractivity contribution < 1.29 is 0 Å². The molecule has 2 atom stereocenters. The molecule has 1 aliphatic heterocycles. The van der Waals surface area contributed by atoms with E-state index in [4.69, 9.17) is 5.73 Å². The molecule has 3 N–H and O–H groups in total. The molecule has 0 amide bonds. The van der Waals surface area contributed by atoms with E-state index in [1.807, 2.05) is 0 Å². The Morgan fingerprint density at radius 1 is 1.12 bits per heavy atom. The molecule has 1 aromatic rings. The molecule has 1 heterocycles. The summed E-state index contributed by atoms with van der Waals surface area (Å²) in [6, 6.07) is 10.0. The van der Waals surface area contributed by atoms with E-state index in [0.717, 1.165) is 6.42 Å². The van der Waals surface area contributed by atoms with Crippen LogP contribution in [0, 0.1) is 0 Å². The average molecular weight is 248 g/mol. The normalized spacial score (nSPS) is 29.2. The molecule has 2 nitrogen and oxygen atoms in total. The topological polar surface area (TPSA) is 38.0 Å². The van der Waals surface area contributed by atoms with Gasteiger partial charge in [0.1, 0.15) is 0 Å². The third-order valence-corrected chi connectivity index (χ3v) is 4.97. The first kappa shape index (κ1) is 11.6. The lowest BCUT2D eigenvalue weighted by molar-refractivity contribution is 0.400. The van der Waals surface area contributed by atoms with Crippen LogP contribution in [0.2, 0.25) is 0 Å². The Balaban J connectivity index is 1.72. The lowest BCUT2D eigenvalue weighted by Crippen LogP contribution is -2.35. The minimum absolute atomic E-state index is 0.224. The number of benzene rings is 1. The number of thioether (sulfide) groups is 1. The van der Waals surface area contributed by atoms with Gasteiger partial charge in [0.15, 0.2) is 0 Å². The zero-order valence-corrected chi connectivity index (χ0v) is 10.9. The van der Waals surface area contributed by atoms with Crippen molar-refractivity contribution in [1.82, 2.24) is 5.32 Å². The van der Waals surface area contributed by atoms with Crippen LogP contribution in [-0.2, 0) is 0 Å². The second-order valence-electron chi connectivity index (χ2n) is 5.08. The molecule has 3 heteroatoms. The van der Waals surface area contributed by atoms with Crippen molar-refractivity contribution in [2.45, 2.75) is 37.4 Å². The quantitative estimate of drug-likeness (QED) is 0.845. The molecule has 1 fully saturated rings. The summed E-state index contributed by atoms with van der Waals surface area (Å²) in [6.45, 7) is 0. The van der Waals surface area contributed by atoms with E-state index in [1.54, 1.807) is 0 Å². The van der Waals surface area contributed by atoms with Gasteiger partial charge in [-0.3, -0.25) is 0 Å². The molecule has 1 aromatic carbocycles. The molecule has 0 radical (unpaired) electrons. The third kappa shape index (κ3) is 2.37. The highest BCUT2D eigenvalue weighted by Crippen LogP contribution is 2.37. The largest absolute Gasteiger partial charge is 0.324 e. The fourth-order valence-electron chi connectivity index (χ4n) is 2.98. The smallest absolute Gasteiger partial charge is 0.0344 e. The Hall–Kier alpha value is -0.510. The van der Waals surface area contributed by atoms with Crippen LogP contribution in [0.4, 0.5) is 0 Å². The van der Waals surface area contributed by atoms with Gasteiger partial charge in [0.2, 0.25) is 0 Å². The second kappa shape index (κ2) is 5.01. The maximum Gasteiger partial charge on any atom is 0.0344 e. The van der Waals surface area contributed by atoms with Crippen molar-refractivity contribution in [2.75, 3.05) is 11.5 Å². The highest BCUT2D eigenvalue weighted by Gasteiger charge is 2.29. The number of nitrogens with two attached hydrogens (primary N) is 1. The second-order valence-corrected chi connectivity index (χ2v) is 6.30. The molecule has 1 saturated heterocycles. The van der Waals surface area contributed by atoms with E-state index in [0.29, 0.717) is 12.1 Å². The Morgan fingerprint density at radius 3 is 2.59 bits per heavy atom. The van der Waals surface area contributed by atoms with Gasteiger partial charge < -0.3 is 11.1 Å². The summed E-state index contributed by atoms with van der Waals surface area (Å²) < 4.78 is 0. The van der Waals surface area contributed by atoms with Gasteiger partial charge in [-0.2, -0.15) is 11.8 Å². The number of hydrogen-bond acceptors (Lipinski definition) is 3. The van der Waals surface area contributed by atoms with Crippen molar-refractivity contribution in [1.29, 1.82) is 0 Å². The van der Waals surface area contributed by atoms with E-state index < -0.39 is 0 Å². The van der Waals surface area contributed by atoms with Gasteiger partial charge >= 0.3 is 0 Å². The van der Waals surface area contributed by atoms with Crippen molar-refractivity contribution in [3.63, 3.8) is 0 Å². The predicted octanol–water partition coefficient (Wildman–Crippen LogP) is 2.62. The predicted molar refractivity (Wildman–Crippen MR) is 74.2 cm³/mol. The van der Waals surface area contributed by atoms with E-state index in [2.05, 4.69) is 41.3 Å². The molecule has 1 aliphatic carbocycles. The van der Waals surface area contributed by atoms with Crippen LogP contribution in [-0.4, -0.2) is 17.5 Å². The van der Waals surface area contributed by atoms with Gasteiger partial charge in [-0.15, -0.1) is 0 Å². The summed E-state index contributed by atoms with van der Waals surface area (Å²) in [6.07, 6.45) is 3.67. The highest BCUT2D eigenvalue weighted by atomic mass is 32.2. The Morgan fingerprint density at radius 2 is 1.82 bits per heavy atom. The average Bonchev–Trinajstić information content (AvgIpc) is 2.69. The first-order chi connectivity index (χ1) is 8.34. The number of nitrogens with one attached hydrogen (secondary N) is 1. The van der Waals surface area contributed by atoms with Crippen LogP contribution >= 0.6 is 11.8 Å². The van der Waals surface area contributed by atoms with Crippen LogP contribution in [0.3, 0.4) is 0 Å². The molecule has 2 aliphatic rings. The molecule has 0 aromatic heterocycles. The summed E-state index contributed by atoms with van der Waals surface area (Å²) in [5.41, 5.74) is 8.97. The van der Waals surface area contributed by atoms with E-state index in [-0.39, 0.29) is 6.04 Å². The van der Waals surface area contributed by atoms with Crippen LogP contribution in [0.25, 0.3) is 0 Å². The molecule has 0 bridgehead atoms. The van der Waals surface area contributed by atoms with Gasteiger partial charge in [-0.25, -0.2) is 0 Å². The van der Waals surface area contributed by atoms with Gasteiger partial charge in [0.25, 0.3) is 0 Å². The minimum atomic E-state index is 0.224. The third-order valence-electron chi connectivity index (χ3n) is 3.92. The molecule has 0 spiro atoms. The molecule has 17 heavy (non-hydrogen) atoms. The summed E-state index contributed by atoms with van der Waals surface area (Å²) >= 11 is 2.08. The summed E-state index contributed by atoms with van der Waals surface area (Å²) in [5.74, 6) is 2.61. The van der Waals surface area contributed by atoms with E-state index in [9.17, 15) is 0 Å². The van der Waals surface area contributed by atoms with Gasteiger partial charge in [0, 0.05) is 18.1 Å². The Labute approximate surface area is 107 Å². The highest BCUT2D eigenvalue weighted by molar-refractivity contribution is 7.99. The SMILES string of the molecule is NC1CC(NC2CCSCC2)c2ccccc21. The number of fused-ring (bicyclic) bond motifs is 1. The molecule has 2 unspecified atom stereocenters. The molecule has 3 rings (SSSR count). The van der Waals surface area contributed by atoms with Crippen LogP contribution < -0.4 is 11.1 Å². The standard InChI is InChI=1S/C14H20N2S/c15-13-9-14(12-4-2-1-3-11(12)13)16-10-5-7-17-8-6-10/h1-4,10,13-14,16H,5-9,15H2. The van der Waals surface area contributed by atoms with Gasteiger partial charge in [0.05, 0.1) is 0 Å². The van der Waals surface area contributed by atoms with E-state index >= 15 is 0 Å². The van der Waals surface area contributed by atoms with E-state index in [1.165, 1.54) is 35.5 Å². The fraction of sp³-hybridized carbons (Fsp3) is 0.571. The Kier molecular flexibility index (Phi) is 3.41. The van der Waals surface area contributed by atoms with Gasteiger partial charge in [-0.1, -0.05) is 24.3 Å². The van der Waals surface area contributed by atoms with Crippen molar-refractivity contribution in [2.24, 2.45) is 5.73 Å². The zero-order chi connectivity index (χ0) is 11.7. The lowest BCUT2D eigenvalue weighted by Gasteiger charge is -2.26. The Bertz CT molecular complexity index is 388. The summed E-state index contributed by atoms with van der Waals surface area (Å²) in [5, 5.41) is 3.81. The number of hydrogen-bond donors (Lipinski definition) is 2. The first-order valence-corrected chi connectivity index (χ1v) is 7.68. The summed E-state index contributed by atoms with van der Waals surface area (Å²) in [4.78, 5) is 0. The number of rotatable bonds is 2. The maximum absolute atomic E-state index is 6.20. The molecule has 92 valence electrons. The zero-order valence-electron chi connectivity index (χ0n) is 10.1. The molecular formula is C14H20N2S. The monoisotopic (exact) mass is 248 g/mol. The molecular weight excluding hydrogens is 228 g/mol. The lowest BCUT2D eigenvalue weighted by atomic mass is 10.1. The maximum atomic E-state index is 6.20. The van der Waals surface area contributed by atoms with Crippen LogP contribution in [0.5, 0.6) is 0 Å².